The number of likely N-dealkylation sites (tertiary alicyclic amines) is 1. The summed E-state index contributed by atoms with van der Waals surface area (Å²) in [5.41, 5.74) is 1.11. The number of hydrogen-bond acceptors (Lipinski definition) is 3. The summed E-state index contributed by atoms with van der Waals surface area (Å²) in [5.74, 6) is -0.147. The summed E-state index contributed by atoms with van der Waals surface area (Å²) in [6.07, 6.45) is 2.68. The molecule has 1 aliphatic rings. The van der Waals surface area contributed by atoms with Crippen molar-refractivity contribution in [1.82, 2.24) is 14.7 Å². The van der Waals surface area contributed by atoms with Gasteiger partial charge in [-0.2, -0.15) is 5.10 Å². The van der Waals surface area contributed by atoms with Crippen molar-refractivity contribution < 1.29 is 9.90 Å². The Bertz CT molecular complexity index is 665. The van der Waals surface area contributed by atoms with Crippen molar-refractivity contribution in [2.75, 3.05) is 13.1 Å². The van der Waals surface area contributed by atoms with Gasteiger partial charge in [-0.1, -0.05) is 23.2 Å². The molecule has 2 heterocycles. The predicted octanol–water partition coefficient (Wildman–Crippen LogP) is 2.00. The van der Waals surface area contributed by atoms with Crippen molar-refractivity contribution in [3.63, 3.8) is 0 Å². The molecule has 20 heavy (non-hydrogen) atoms. The van der Waals surface area contributed by atoms with Crippen LogP contribution in [0.3, 0.4) is 0 Å². The Hall–Kier alpha value is -1.56. The third-order valence-corrected chi connectivity index (χ3v) is 3.67. The highest BCUT2D eigenvalue weighted by atomic mass is 35.5. The molecule has 1 N–H and O–H groups in total. The SMILES string of the molecule is O=C(c1cnn(-c2ccc(Cl)cc2Cl)c1)N1CC(O)C1. The largest absolute Gasteiger partial charge is 0.389 e. The average molecular weight is 312 g/mol. The lowest BCUT2D eigenvalue weighted by atomic mass is 10.1. The Morgan fingerprint density at radius 2 is 2.10 bits per heavy atom. The molecule has 104 valence electrons. The summed E-state index contributed by atoms with van der Waals surface area (Å²) in [5, 5.41) is 14.3. The first-order valence-corrected chi connectivity index (χ1v) is 6.77. The highest BCUT2D eigenvalue weighted by molar-refractivity contribution is 6.35. The zero-order valence-corrected chi connectivity index (χ0v) is 11.8. The van der Waals surface area contributed by atoms with Gasteiger partial charge in [0.15, 0.2) is 0 Å². The second kappa shape index (κ2) is 5.09. The third kappa shape index (κ3) is 2.40. The van der Waals surface area contributed by atoms with E-state index in [1.165, 1.54) is 10.9 Å². The van der Waals surface area contributed by atoms with Gasteiger partial charge >= 0.3 is 0 Å². The molecule has 1 aromatic heterocycles. The number of aliphatic hydroxyl groups excluding tert-OH is 1. The van der Waals surface area contributed by atoms with E-state index in [1.54, 1.807) is 29.3 Å². The number of amides is 1. The molecule has 5 nitrogen and oxygen atoms in total. The smallest absolute Gasteiger partial charge is 0.257 e. The molecule has 0 saturated carbocycles. The maximum atomic E-state index is 12.1. The lowest BCUT2D eigenvalue weighted by Crippen LogP contribution is -2.53. The molecule has 1 aliphatic heterocycles. The predicted molar refractivity (Wildman–Crippen MR) is 75.5 cm³/mol. The molecule has 1 saturated heterocycles. The van der Waals surface area contributed by atoms with Crippen LogP contribution in [-0.2, 0) is 0 Å². The van der Waals surface area contributed by atoms with Gasteiger partial charge in [0.1, 0.15) is 0 Å². The van der Waals surface area contributed by atoms with E-state index in [-0.39, 0.29) is 5.91 Å². The van der Waals surface area contributed by atoms with Crippen molar-refractivity contribution in [1.29, 1.82) is 0 Å². The van der Waals surface area contributed by atoms with Crippen molar-refractivity contribution in [3.8, 4) is 5.69 Å². The number of carbonyl (C=O) groups is 1. The van der Waals surface area contributed by atoms with Gasteiger partial charge in [0.05, 0.1) is 28.6 Å². The van der Waals surface area contributed by atoms with E-state index in [9.17, 15) is 9.90 Å². The summed E-state index contributed by atoms with van der Waals surface area (Å²) in [7, 11) is 0. The van der Waals surface area contributed by atoms with Gasteiger partial charge in [0.2, 0.25) is 0 Å². The standard InChI is InChI=1S/C13H11Cl2N3O2/c14-9-1-2-12(11(15)3-9)18-5-8(4-16-18)13(20)17-6-10(19)7-17/h1-5,10,19H,6-7H2. The second-order valence-electron chi connectivity index (χ2n) is 4.63. The third-order valence-electron chi connectivity index (χ3n) is 3.14. The normalized spacial score (nSPS) is 15.2. The quantitative estimate of drug-likeness (QED) is 0.923. The molecular weight excluding hydrogens is 301 g/mol. The molecule has 0 spiro atoms. The van der Waals surface area contributed by atoms with E-state index in [0.29, 0.717) is 34.4 Å². The van der Waals surface area contributed by atoms with E-state index in [4.69, 9.17) is 23.2 Å². The van der Waals surface area contributed by atoms with E-state index < -0.39 is 6.10 Å². The maximum absolute atomic E-state index is 12.1. The first-order chi connectivity index (χ1) is 9.54. The topological polar surface area (TPSA) is 58.4 Å². The fourth-order valence-electron chi connectivity index (χ4n) is 2.04. The monoisotopic (exact) mass is 311 g/mol. The van der Waals surface area contributed by atoms with Crippen molar-refractivity contribution in [2.45, 2.75) is 6.10 Å². The van der Waals surface area contributed by atoms with Crippen molar-refractivity contribution in [2.24, 2.45) is 0 Å². The molecule has 0 radical (unpaired) electrons. The molecule has 0 atom stereocenters. The van der Waals surface area contributed by atoms with Crippen LogP contribution in [0.1, 0.15) is 10.4 Å². The lowest BCUT2D eigenvalue weighted by Gasteiger charge is -2.35. The van der Waals surface area contributed by atoms with Gasteiger partial charge in [0, 0.05) is 24.3 Å². The average Bonchev–Trinajstić information content (AvgIpc) is 2.83. The van der Waals surface area contributed by atoms with Crippen LogP contribution in [0.15, 0.2) is 30.6 Å². The summed E-state index contributed by atoms with van der Waals surface area (Å²) in [6, 6.07) is 5.06. The molecule has 0 aliphatic carbocycles. The molecule has 0 unspecified atom stereocenters. The molecule has 2 aromatic rings. The Labute approximate surface area is 125 Å². The summed E-state index contributed by atoms with van der Waals surface area (Å²) in [6.45, 7) is 0.734. The van der Waals surface area contributed by atoms with Crippen LogP contribution >= 0.6 is 23.2 Å². The van der Waals surface area contributed by atoms with Gasteiger partial charge in [0.25, 0.3) is 5.91 Å². The van der Waals surface area contributed by atoms with Crippen LogP contribution in [0.25, 0.3) is 5.69 Å². The number of halogens is 2. The summed E-state index contributed by atoms with van der Waals surface area (Å²) in [4.78, 5) is 13.6. The van der Waals surface area contributed by atoms with Crippen molar-refractivity contribution in [3.05, 3.63) is 46.2 Å². The number of nitrogens with zero attached hydrogens (tertiary/aromatic N) is 3. The fourth-order valence-corrected chi connectivity index (χ4v) is 2.53. The van der Waals surface area contributed by atoms with Crippen LogP contribution in [-0.4, -0.2) is 44.9 Å². The first-order valence-electron chi connectivity index (χ1n) is 6.02. The molecule has 1 amide bonds. The minimum absolute atomic E-state index is 0.147. The number of hydrogen-bond donors (Lipinski definition) is 1. The number of aliphatic hydroxyl groups is 1. The second-order valence-corrected chi connectivity index (χ2v) is 5.48. The Morgan fingerprint density at radius 3 is 2.75 bits per heavy atom. The molecule has 7 heteroatoms. The summed E-state index contributed by atoms with van der Waals surface area (Å²) < 4.78 is 1.53. The maximum Gasteiger partial charge on any atom is 0.257 e. The summed E-state index contributed by atoms with van der Waals surface area (Å²) >= 11 is 11.9. The van der Waals surface area contributed by atoms with Gasteiger partial charge in [-0.05, 0) is 18.2 Å². The minimum Gasteiger partial charge on any atom is -0.389 e. The number of benzene rings is 1. The Kier molecular flexibility index (Phi) is 3.41. The van der Waals surface area contributed by atoms with Crippen LogP contribution in [0.4, 0.5) is 0 Å². The number of β-amino-alcohol motifs (C(OH)–C–C–N with tert-alkyl or cyclic N) is 1. The molecular formula is C13H11Cl2N3O2. The molecule has 1 fully saturated rings. The van der Waals surface area contributed by atoms with E-state index >= 15 is 0 Å². The van der Waals surface area contributed by atoms with E-state index in [1.807, 2.05) is 0 Å². The van der Waals surface area contributed by atoms with Gasteiger partial charge in [-0.25, -0.2) is 4.68 Å². The van der Waals surface area contributed by atoms with Crippen LogP contribution in [0.5, 0.6) is 0 Å². The van der Waals surface area contributed by atoms with Gasteiger partial charge < -0.3 is 10.0 Å². The molecule has 3 rings (SSSR count). The fraction of sp³-hybridized carbons (Fsp3) is 0.231. The van der Waals surface area contributed by atoms with Crippen LogP contribution in [0, 0.1) is 0 Å². The molecule has 1 aromatic carbocycles. The Balaban J connectivity index is 1.84. The van der Waals surface area contributed by atoms with E-state index in [0.717, 1.165) is 0 Å². The van der Waals surface area contributed by atoms with Gasteiger partial charge in [-0.15, -0.1) is 0 Å². The van der Waals surface area contributed by atoms with Gasteiger partial charge in [-0.3, -0.25) is 4.79 Å². The van der Waals surface area contributed by atoms with Crippen LogP contribution < -0.4 is 0 Å². The number of aromatic nitrogens is 2. The number of rotatable bonds is 2. The van der Waals surface area contributed by atoms with E-state index in [2.05, 4.69) is 5.10 Å². The minimum atomic E-state index is -0.417. The van der Waals surface area contributed by atoms with Crippen molar-refractivity contribution >= 4 is 29.1 Å². The zero-order chi connectivity index (χ0) is 14.3. The van der Waals surface area contributed by atoms with Crippen LogP contribution in [0.2, 0.25) is 10.0 Å². The lowest BCUT2D eigenvalue weighted by molar-refractivity contribution is 0.00589. The number of carbonyl (C=O) groups excluding carboxylic acids is 1. The zero-order valence-electron chi connectivity index (χ0n) is 10.3. The highest BCUT2D eigenvalue weighted by Crippen LogP contribution is 2.24. The molecule has 0 bridgehead atoms. The first kappa shape index (κ1) is 13.4. The Morgan fingerprint density at radius 1 is 1.35 bits per heavy atom. The highest BCUT2D eigenvalue weighted by Gasteiger charge is 2.30.